The molecule has 0 amide bonds. The normalized spacial score (nSPS) is 12.3. The summed E-state index contributed by atoms with van der Waals surface area (Å²) < 4.78 is 0. The van der Waals surface area contributed by atoms with Crippen LogP contribution >= 0.6 is 0 Å². The number of hydrogen-bond donors (Lipinski definition) is 2. The van der Waals surface area contributed by atoms with Crippen LogP contribution < -0.4 is 0 Å². The van der Waals surface area contributed by atoms with Crippen molar-refractivity contribution in [1.29, 1.82) is 5.41 Å². The zero-order valence-electron chi connectivity index (χ0n) is 10.9. The van der Waals surface area contributed by atoms with Crippen LogP contribution in [0.2, 0.25) is 0 Å². The van der Waals surface area contributed by atoms with Crippen molar-refractivity contribution in [2.45, 2.75) is 19.8 Å². The second kappa shape index (κ2) is 5.65. The van der Waals surface area contributed by atoms with Gasteiger partial charge in [-0.2, -0.15) is 0 Å². The van der Waals surface area contributed by atoms with Gasteiger partial charge in [-0.15, -0.1) is 0 Å². The van der Waals surface area contributed by atoms with Gasteiger partial charge in [0.1, 0.15) is 0 Å². The largest absolute Gasteiger partial charge is 0.481 e. The maximum atomic E-state index is 10.8. The first-order valence-electron chi connectivity index (χ1n) is 6.33. The van der Waals surface area contributed by atoms with E-state index in [4.69, 9.17) is 10.5 Å². The zero-order chi connectivity index (χ0) is 13.8. The number of hydrogen-bond acceptors (Lipinski definition) is 2. The number of carbonyl (C=O) groups is 1. The second-order valence-corrected chi connectivity index (χ2v) is 4.91. The van der Waals surface area contributed by atoms with Crippen LogP contribution in [0.15, 0.2) is 42.5 Å². The summed E-state index contributed by atoms with van der Waals surface area (Å²) in [5, 5.41) is 19.1. The molecule has 2 N–H and O–H groups in total. The lowest BCUT2D eigenvalue weighted by Crippen LogP contribution is -2.15. The highest BCUT2D eigenvalue weighted by atomic mass is 16.4. The quantitative estimate of drug-likeness (QED) is 0.803. The smallest absolute Gasteiger partial charge is 0.306 e. The third kappa shape index (κ3) is 3.41. The molecule has 0 aliphatic carbocycles. The number of nitrogens with one attached hydrogen (secondary N) is 1. The molecule has 0 heterocycles. The average Bonchev–Trinajstić information content (AvgIpc) is 2.38. The van der Waals surface area contributed by atoms with Crippen LogP contribution in [0.25, 0.3) is 10.8 Å². The summed E-state index contributed by atoms with van der Waals surface area (Å²) in [6, 6.07) is 14.2. The van der Waals surface area contributed by atoms with Crippen molar-refractivity contribution in [2.24, 2.45) is 5.92 Å². The minimum absolute atomic E-state index is 0.308. The monoisotopic (exact) mass is 255 g/mol. The van der Waals surface area contributed by atoms with Crippen molar-refractivity contribution in [1.82, 2.24) is 0 Å². The van der Waals surface area contributed by atoms with E-state index in [9.17, 15) is 4.79 Å². The second-order valence-electron chi connectivity index (χ2n) is 4.91. The lowest BCUT2D eigenvalue weighted by molar-refractivity contribution is -0.140. The van der Waals surface area contributed by atoms with Gasteiger partial charge in [-0.25, -0.2) is 0 Å². The van der Waals surface area contributed by atoms with E-state index in [0.717, 1.165) is 10.9 Å². The fourth-order valence-electron chi connectivity index (χ4n) is 2.12. The predicted molar refractivity (Wildman–Crippen MR) is 76.8 cm³/mol. The third-order valence-corrected chi connectivity index (χ3v) is 3.21. The van der Waals surface area contributed by atoms with Gasteiger partial charge in [0, 0.05) is 12.1 Å². The van der Waals surface area contributed by atoms with E-state index in [-0.39, 0.29) is 0 Å². The molecule has 0 spiro atoms. The maximum Gasteiger partial charge on any atom is 0.306 e. The lowest BCUT2D eigenvalue weighted by Gasteiger charge is -2.08. The van der Waals surface area contributed by atoms with Gasteiger partial charge in [0.15, 0.2) is 0 Å². The van der Waals surface area contributed by atoms with Crippen LogP contribution in [0.1, 0.15) is 18.9 Å². The Morgan fingerprint density at radius 1 is 1.21 bits per heavy atom. The molecule has 0 fully saturated rings. The molecular weight excluding hydrogens is 238 g/mol. The Morgan fingerprint density at radius 3 is 2.58 bits per heavy atom. The molecule has 2 rings (SSSR count). The molecule has 0 bridgehead atoms. The van der Waals surface area contributed by atoms with Crippen LogP contribution in [0, 0.1) is 11.3 Å². The molecular formula is C16H17NO2. The molecule has 0 saturated heterocycles. The molecule has 0 unspecified atom stereocenters. The molecule has 2 aromatic rings. The van der Waals surface area contributed by atoms with Gasteiger partial charge >= 0.3 is 5.97 Å². The van der Waals surface area contributed by atoms with E-state index in [1.165, 1.54) is 5.39 Å². The SMILES string of the molecule is C[C@@H](CC(=N)Cc1ccc2ccccc2c1)C(=O)O. The molecule has 0 aliphatic rings. The molecule has 19 heavy (non-hydrogen) atoms. The maximum absolute atomic E-state index is 10.8. The number of carboxylic acid groups (broad SMARTS) is 1. The summed E-state index contributed by atoms with van der Waals surface area (Å²) in [6.07, 6.45) is 0.824. The summed E-state index contributed by atoms with van der Waals surface area (Å²) >= 11 is 0. The van der Waals surface area contributed by atoms with Gasteiger partial charge in [-0.05, 0) is 22.8 Å². The molecule has 2 aromatic carbocycles. The number of aliphatic carboxylic acids is 1. The van der Waals surface area contributed by atoms with Crippen molar-refractivity contribution in [3.05, 3.63) is 48.0 Å². The molecule has 0 saturated carbocycles. The Labute approximate surface area is 112 Å². The zero-order valence-corrected chi connectivity index (χ0v) is 10.9. The Kier molecular flexibility index (Phi) is 3.95. The average molecular weight is 255 g/mol. The van der Waals surface area contributed by atoms with E-state index >= 15 is 0 Å². The number of rotatable bonds is 5. The fourth-order valence-corrected chi connectivity index (χ4v) is 2.12. The van der Waals surface area contributed by atoms with E-state index < -0.39 is 11.9 Å². The summed E-state index contributed by atoms with van der Waals surface area (Å²) in [4.78, 5) is 10.8. The predicted octanol–water partition coefficient (Wildman–Crippen LogP) is 3.51. The Morgan fingerprint density at radius 2 is 1.89 bits per heavy atom. The van der Waals surface area contributed by atoms with Crippen LogP contribution in [-0.4, -0.2) is 16.8 Å². The van der Waals surface area contributed by atoms with Gasteiger partial charge in [-0.3, -0.25) is 4.79 Å². The van der Waals surface area contributed by atoms with Crippen molar-refractivity contribution in [3.8, 4) is 0 Å². The highest BCUT2D eigenvalue weighted by Crippen LogP contribution is 2.17. The Balaban J connectivity index is 2.09. The summed E-state index contributed by atoms with van der Waals surface area (Å²) in [5.41, 5.74) is 1.52. The number of carboxylic acids is 1. The first-order valence-corrected chi connectivity index (χ1v) is 6.33. The summed E-state index contributed by atoms with van der Waals surface area (Å²) in [5.74, 6) is -1.34. The summed E-state index contributed by atoms with van der Waals surface area (Å²) in [6.45, 7) is 1.64. The van der Waals surface area contributed by atoms with Crippen molar-refractivity contribution < 1.29 is 9.90 Å². The highest BCUT2D eigenvalue weighted by Gasteiger charge is 2.13. The summed E-state index contributed by atoms with van der Waals surface area (Å²) in [7, 11) is 0. The van der Waals surface area contributed by atoms with E-state index in [1.54, 1.807) is 6.92 Å². The number of fused-ring (bicyclic) bond motifs is 1. The van der Waals surface area contributed by atoms with E-state index in [2.05, 4.69) is 12.1 Å². The van der Waals surface area contributed by atoms with Gasteiger partial charge in [0.05, 0.1) is 5.92 Å². The van der Waals surface area contributed by atoms with Crippen molar-refractivity contribution in [2.75, 3.05) is 0 Å². The van der Waals surface area contributed by atoms with Gasteiger partial charge in [0.2, 0.25) is 0 Å². The molecule has 0 aromatic heterocycles. The Hall–Kier alpha value is -2.16. The lowest BCUT2D eigenvalue weighted by atomic mass is 9.98. The van der Waals surface area contributed by atoms with E-state index in [0.29, 0.717) is 18.6 Å². The molecule has 0 radical (unpaired) electrons. The van der Waals surface area contributed by atoms with Gasteiger partial charge < -0.3 is 10.5 Å². The Bertz CT molecular complexity index is 619. The van der Waals surface area contributed by atoms with Crippen molar-refractivity contribution >= 4 is 22.5 Å². The topological polar surface area (TPSA) is 61.2 Å². The van der Waals surface area contributed by atoms with Crippen LogP contribution in [0.4, 0.5) is 0 Å². The minimum atomic E-state index is -0.844. The molecule has 3 heteroatoms. The van der Waals surface area contributed by atoms with Gasteiger partial charge in [-0.1, -0.05) is 49.4 Å². The third-order valence-electron chi connectivity index (χ3n) is 3.21. The highest BCUT2D eigenvalue weighted by molar-refractivity contribution is 5.89. The van der Waals surface area contributed by atoms with Crippen molar-refractivity contribution in [3.63, 3.8) is 0 Å². The molecule has 3 nitrogen and oxygen atoms in total. The van der Waals surface area contributed by atoms with E-state index in [1.807, 2.05) is 30.3 Å². The number of benzene rings is 2. The first kappa shape index (κ1) is 13.3. The van der Waals surface area contributed by atoms with Crippen LogP contribution in [0.5, 0.6) is 0 Å². The molecule has 0 aliphatic heterocycles. The van der Waals surface area contributed by atoms with Crippen LogP contribution in [-0.2, 0) is 11.2 Å². The van der Waals surface area contributed by atoms with Crippen LogP contribution in [0.3, 0.4) is 0 Å². The molecule has 1 atom stereocenters. The molecule has 98 valence electrons. The first-order chi connectivity index (χ1) is 9.06. The fraction of sp³-hybridized carbons (Fsp3) is 0.250. The van der Waals surface area contributed by atoms with Gasteiger partial charge in [0.25, 0.3) is 0 Å². The standard InChI is InChI=1S/C16H17NO2/c1-11(16(18)19)8-15(17)10-12-6-7-13-4-2-3-5-14(13)9-12/h2-7,9,11,17H,8,10H2,1H3,(H,18,19)/t11-/m0/s1. The minimum Gasteiger partial charge on any atom is -0.481 e.